The van der Waals surface area contributed by atoms with Crippen LogP contribution in [0.4, 0.5) is 0 Å². The highest BCUT2D eigenvalue weighted by Gasteiger charge is 2.21. The van der Waals surface area contributed by atoms with Crippen LogP contribution >= 0.6 is 0 Å². The first-order valence-electron chi connectivity index (χ1n) is 7.78. The Balaban J connectivity index is 1.97. The maximum Gasteiger partial charge on any atom is 0.0951 e. The summed E-state index contributed by atoms with van der Waals surface area (Å²) >= 11 is 0. The quantitative estimate of drug-likeness (QED) is 0.821. The molecule has 0 aromatic carbocycles. The van der Waals surface area contributed by atoms with Crippen LogP contribution in [0.1, 0.15) is 44.5 Å². The molecule has 1 aromatic heterocycles. The molecule has 2 N–H and O–H groups in total. The van der Waals surface area contributed by atoms with E-state index in [1.165, 1.54) is 31.6 Å². The zero-order valence-electron chi connectivity index (χ0n) is 13.1. The van der Waals surface area contributed by atoms with Crippen molar-refractivity contribution in [1.29, 1.82) is 0 Å². The summed E-state index contributed by atoms with van der Waals surface area (Å²) in [6, 6.07) is 0.677. The molecule has 0 bridgehead atoms. The third-order valence-corrected chi connectivity index (χ3v) is 4.32. The minimum absolute atomic E-state index is 0.252. The number of imidazole rings is 1. The van der Waals surface area contributed by atoms with Gasteiger partial charge < -0.3 is 15.2 Å². The first kappa shape index (κ1) is 15.5. The van der Waals surface area contributed by atoms with Gasteiger partial charge in [-0.1, -0.05) is 0 Å². The largest absolute Gasteiger partial charge is 0.331 e. The smallest absolute Gasteiger partial charge is 0.0951 e. The number of nitrogens with zero attached hydrogens (tertiary/aromatic N) is 4. The second kappa shape index (κ2) is 7.20. The summed E-state index contributed by atoms with van der Waals surface area (Å²) < 4.78 is 2.23. The van der Waals surface area contributed by atoms with E-state index in [9.17, 15) is 0 Å². The molecule has 1 fully saturated rings. The van der Waals surface area contributed by atoms with Gasteiger partial charge in [0, 0.05) is 31.9 Å². The summed E-state index contributed by atoms with van der Waals surface area (Å²) in [6.07, 6.45) is 6.58. The fraction of sp³-hybridized carbons (Fsp3) is 0.800. The number of rotatable bonds is 7. The molecule has 1 saturated heterocycles. The van der Waals surface area contributed by atoms with Crippen LogP contribution in [0.2, 0.25) is 0 Å². The monoisotopic (exact) mass is 279 g/mol. The van der Waals surface area contributed by atoms with Crippen LogP contribution in [0.15, 0.2) is 12.5 Å². The van der Waals surface area contributed by atoms with E-state index >= 15 is 0 Å². The highest BCUT2D eigenvalue weighted by Crippen LogP contribution is 2.21. The summed E-state index contributed by atoms with van der Waals surface area (Å²) in [7, 11) is 2.17. The molecule has 1 unspecified atom stereocenters. The molecular weight excluding hydrogens is 250 g/mol. The SMILES string of the molecule is CC(C)n1cncc1C(CN)N(C)CCN1CCCC1. The molecule has 0 amide bonds. The summed E-state index contributed by atoms with van der Waals surface area (Å²) in [5.41, 5.74) is 7.25. The summed E-state index contributed by atoms with van der Waals surface area (Å²) in [6.45, 7) is 9.71. The van der Waals surface area contributed by atoms with Gasteiger partial charge in [-0.2, -0.15) is 0 Å². The summed E-state index contributed by atoms with van der Waals surface area (Å²) in [5.74, 6) is 0. The van der Waals surface area contributed by atoms with Crippen LogP contribution in [0.3, 0.4) is 0 Å². The van der Waals surface area contributed by atoms with Gasteiger partial charge in [0.15, 0.2) is 0 Å². The van der Waals surface area contributed by atoms with Gasteiger partial charge in [0.05, 0.1) is 18.1 Å². The Morgan fingerprint density at radius 2 is 2.05 bits per heavy atom. The van der Waals surface area contributed by atoms with Crippen LogP contribution in [-0.2, 0) is 0 Å². The van der Waals surface area contributed by atoms with Gasteiger partial charge in [0.2, 0.25) is 0 Å². The van der Waals surface area contributed by atoms with Crippen molar-refractivity contribution in [3.05, 3.63) is 18.2 Å². The molecule has 0 aliphatic carbocycles. The first-order chi connectivity index (χ1) is 9.63. The second-order valence-electron chi connectivity index (χ2n) is 6.10. The van der Waals surface area contributed by atoms with E-state index in [0.717, 1.165) is 13.1 Å². The average molecular weight is 279 g/mol. The van der Waals surface area contributed by atoms with Crippen molar-refractivity contribution in [3.8, 4) is 0 Å². The average Bonchev–Trinajstić information content (AvgIpc) is 3.08. The Morgan fingerprint density at radius 1 is 1.35 bits per heavy atom. The van der Waals surface area contributed by atoms with E-state index in [4.69, 9.17) is 5.73 Å². The number of aromatic nitrogens is 2. The molecule has 1 aliphatic rings. The Bertz CT molecular complexity index is 395. The highest BCUT2D eigenvalue weighted by atomic mass is 15.2. The third kappa shape index (κ3) is 3.59. The maximum absolute atomic E-state index is 6.02. The van der Waals surface area contributed by atoms with Crippen LogP contribution in [0.25, 0.3) is 0 Å². The van der Waals surface area contributed by atoms with Crippen molar-refractivity contribution in [2.45, 2.75) is 38.8 Å². The van der Waals surface area contributed by atoms with Crippen LogP contribution < -0.4 is 5.73 Å². The Morgan fingerprint density at radius 3 is 2.65 bits per heavy atom. The standard InChI is InChI=1S/C15H29N5/c1-13(2)20-12-17-11-15(20)14(10-16)18(3)8-9-19-6-4-5-7-19/h11-14H,4-10,16H2,1-3H3. The number of likely N-dealkylation sites (tertiary alicyclic amines) is 1. The molecule has 5 heteroatoms. The van der Waals surface area contributed by atoms with Crippen molar-refractivity contribution < 1.29 is 0 Å². The normalized spacial score (nSPS) is 18.3. The molecule has 2 rings (SSSR count). The summed E-state index contributed by atoms with van der Waals surface area (Å²) in [5, 5.41) is 0. The van der Waals surface area contributed by atoms with Gasteiger partial charge in [0.1, 0.15) is 0 Å². The summed E-state index contributed by atoms with van der Waals surface area (Å²) in [4.78, 5) is 9.22. The lowest BCUT2D eigenvalue weighted by Crippen LogP contribution is -2.37. The van der Waals surface area contributed by atoms with E-state index in [1.54, 1.807) is 0 Å². The number of nitrogens with two attached hydrogens (primary N) is 1. The predicted molar refractivity (Wildman–Crippen MR) is 82.7 cm³/mol. The van der Waals surface area contributed by atoms with Gasteiger partial charge in [-0.15, -0.1) is 0 Å². The maximum atomic E-state index is 6.02. The molecule has 2 heterocycles. The van der Waals surface area contributed by atoms with Crippen LogP contribution in [-0.4, -0.2) is 59.1 Å². The molecule has 0 spiro atoms. The van der Waals surface area contributed by atoms with Gasteiger partial charge in [0.25, 0.3) is 0 Å². The van der Waals surface area contributed by atoms with E-state index in [0.29, 0.717) is 12.6 Å². The van der Waals surface area contributed by atoms with E-state index in [2.05, 4.69) is 40.2 Å². The van der Waals surface area contributed by atoms with Crippen molar-refractivity contribution >= 4 is 0 Å². The van der Waals surface area contributed by atoms with Crippen molar-refractivity contribution in [2.75, 3.05) is 39.8 Å². The molecule has 1 aromatic rings. The Kier molecular flexibility index (Phi) is 5.57. The third-order valence-electron chi connectivity index (χ3n) is 4.32. The first-order valence-corrected chi connectivity index (χ1v) is 7.78. The minimum atomic E-state index is 0.252. The fourth-order valence-corrected chi connectivity index (χ4v) is 2.99. The van der Waals surface area contributed by atoms with E-state index in [-0.39, 0.29) is 6.04 Å². The second-order valence-corrected chi connectivity index (χ2v) is 6.10. The van der Waals surface area contributed by atoms with Crippen molar-refractivity contribution in [2.24, 2.45) is 5.73 Å². The van der Waals surface area contributed by atoms with Crippen LogP contribution in [0.5, 0.6) is 0 Å². The minimum Gasteiger partial charge on any atom is -0.331 e. The molecule has 1 atom stereocenters. The Labute approximate surface area is 122 Å². The topological polar surface area (TPSA) is 50.3 Å². The van der Waals surface area contributed by atoms with Gasteiger partial charge >= 0.3 is 0 Å². The van der Waals surface area contributed by atoms with Gasteiger partial charge in [-0.25, -0.2) is 4.98 Å². The van der Waals surface area contributed by atoms with Crippen molar-refractivity contribution in [1.82, 2.24) is 19.4 Å². The van der Waals surface area contributed by atoms with E-state index in [1.807, 2.05) is 12.5 Å². The molecule has 5 nitrogen and oxygen atoms in total. The fourth-order valence-electron chi connectivity index (χ4n) is 2.99. The molecular formula is C15H29N5. The lowest BCUT2D eigenvalue weighted by molar-refractivity contribution is 0.202. The zero-order valence-corrected chi connectivity index (χ0v) is 13.1. The predicted octanol–water partition coefficient (Wildman–Crippen LogP) is 1.49. The van der Waals surface area contributed by atoms with Crippen molar-refractivity contribution in [3.63, 3.8) is 0 Å². The number of hydrogen-bond donors (Lipinski definition) is 1. The lowest BCUT2D eigenvalue weighted by Gasteiger charge is -2.30. The number of likely N-dealkylation sites (N-methyl/N-ethyl adjacent to an activating group) is 1. The molecule has 20 heavy (non-hydrogen) atoms. The van der Waals surface area contributed by atoms with Gasteiger partial charge in [-0.3, -0.25) is 4.90 Å². The molecule has 0 saturated carbocycles. The lowest BCUT2D eigenvalue weighted by atomic mass is 10.1. The molecule has 114 valence electrons. The Hall–Kier alpha value is -0.910. The zero-order chi connectivity index (χ0) is 14.5. The molecule has 0 radical (unpaired) electrons. The number of hydrogen-bond acceptors (Lipinski definition) is 4. The van der Waals surface area contributed by atoms with Crippen LogP contribution in [0, 0.1) is 0 Å². The van der Waals surface area contributed by atoms with Gasteiger partial charge in [-0.05, 0) is 46.8 Å². The highest BCUT2D eigenvalue weighted by molar-refractivity contribution is 5.07. The molecule has 1 aliphatic heterocycles. The van der Waals surface area contributed by atoms with E-state index < -0.39 is 0 Å².